The molecule has 142 valence electrons. The van der Waals surface area contributed by atoms with Crippen LogP contribution in [-0.4, -0.2) is 33.8 Å². The lowest BCUT2D eigenvalue weighted by Crippen LogP contribution is -2.22. The number of hydrogen-bond acceptors (Lipinski definition) is 7. The molecule has 3 aromatic rings. The molecule has 1 aliphatic rings. The van der Waals surface area contributed by atoms with Gasteiger partial charge in [0.15, 0.2) is 28.7 Å². The summed E-state index contributed by atoms with van der Waals surface area (Å²) < 4.78 is 20.2. The first-order valence-corrected chi connectivity index (χ1v) is 8.59. The van der Waals surface area contributed by atoms with Crippen LogP contribution in [0.25, 0.3) is 5.65 Å². The van der Waals surface area contributed by atoms with Crippen LogP contribution in [0.2, 0.25) is 0 Å². The summed E-state index contributed by atoms with van der Waals surface area (Å²) in [6, 6.07) is 8.22. The number of nitrogens with zero attached hydrogens (tertiary/aromatic N) is 4. The number of ether oxygens (including phenoxy) is 1. The van der Waals surface area contributed by atoms with Crippen LogP contribution in [0.15, 0.2) is 30.5 Å². The number of nitrogens with one attached hydrogen (secondary N) is 3. The molecule has 0 bridgehead atoms. The van der Waals surface area contributed by atoms with Crippen LogP contribution in [0.4, 0.5) is 26.4 Å². The van der Waals surface area contributed by atoms with Gasteiger partial charge in [0.05, 0.1) is 11.9 Å². The molecule has 0 atom stereocenters. The molecule has 10 heteroatoms. The molecule has 9 nitrogen and oxygen atoms in total. The Labute approximate surface area is 159 Å². The number of rotatable bonds is 5. The number of benzene rings is 1. The third kappa shape index (κ3) is 3.50. The first-order chi connectivity index (χ1) is 13.6. The average Bonchev–Trinajstić information content (AvgIpc) is 3.40. The lowest BCUT2D eigenvalue weighted by molar-refractivity contribution is 0.201. The average molecular weight is 381 g/mol. The fourth-order valence-electron chi connectivity index (χ4n) is 2.62. The highest BCUT2D eigenvalue weighted by Crippen LogP contribution is 2.30. The summed E-state index contributed by atoms with van der Waals surface area (Å²) in [4.78, 5) is 15.6. The maximum absolute atomic E-state index is 13.9. The molecule has 1 aliphatic carbocycles. The van der Waals surface area contributed by atoms with Crippen LogP contribution in [0, 0.1) is 17.1 Å². The zero-order valence-corrected chi connectivity index (χ0v) is 14.9. The van der Waals surface area contributed by atoms with Crippen LogP contribution in [0.1, 0.15) is 18.5 Å². The second kappa shape index (κ2) is 7.03. The van der Waals surface area contributed by atoms with Gasteiger partial charge in [0, 0.05) is 30.9 Å². The summed E-state index contributed by atoms with van der Waals surface area (Å²) in [6.45, 7) is 0. The second-order valence-corrected chi connectivity index (χ2v) is 6.26. The Morgan fingerprint density at radius 2 is 2.21 bits per heavy atom. The third-order valence-corrected chi connectivity index (χ3v) is 4.13. The highest BCUT2D eigenvalue weighted by molar-refractivity contribution is 5.74. The van der Waals surface area contributed by atoms with Crippen molar-refractivity contribution in [3.8, 4) is 11.8 Å². The summed E-state index contributed by atoms with van der Waals surface area (Å²) in [5, 5.41) is 22.3. The summed E-state index contributed by atoms with van der Waals surface area (Å²) in [5.41, 5.74) is 2.05. The molecule has 0 aliphatic heterocycles. The summed E-state index contributed by atoms with van der Waals surface area (Å²) >= 11 is 0. The van der Waals surface area contributed by atoms with Crippen molar-refractivity contribution in [2.24, 2.45) is 0 Å². The van der Waals surface area contributed by atoms with Crippen molar-refractivity contribution in [1.29, 1.82) is 5.26 Å². The van der Waals surface area contributed by atoms with Gasteiger partial charge >= 0.3 is 6.09 Å². The minimum absolute atomic E-state index is 0.220. The quantitative estimate of drug-likeness (QED) is 0.622. The third-order valence-electron chi connectivity index (χ3n) is 4.13. The molecule has 0 radical (unpaired) electrons. The fourth-order valence-corrected chi connectivity index (χ4v) is 2.62. The first kappa shape index (κ1) is 17.5. The summed E-state index contributed by atoms with van der Waals surface area (Å²) in [7, 11) is 1.38. The largest absolute Gasteiger partial charge is 0.412 e. The van der Waals surface area contributed by atoms with Gasteiger partial charge in [-0.1, -0.05) is 0 Å². The van der Waals surface area contributed by atoms with Crippen molar-refractivity contribution in [2.45, 2.75) is 18.9 Å². The predicted molar refractivity (Wildman–Crippen MR) is 99.1 cm³/mol. The number of aromatic nitrogens is 3. The number of carbonyl (C=O) groups is 1. The van der Waals surface area contributed by atoms with Gasteiger partial charge in [0.1, 0.15) is 6.07 Å². The van der Waals surface area contributed by atoms with E-state index in [0.29, 0.717) is 28.9 Å². The van der Waals surface area contributed by atoms with Crippen LogP contribution in [0.3, 0.4) is 0 Å². The number of hydrogen-bond donors (Lipinski definition) is 3. The van der Waals surface area contributed by atoms with Gasteiger partial charge in [-0.05, 0) is 25.0 Å². The van der Waals surface area contributed by atoms with Gasteiger partial charge in [-0.3, -0.25) is 0 Å². The molecule has 2 aromatic heterocycles. The molecule has 1 saturated carbocycles. The molecule has 2 heterocycles. The van der Waals surface area contributed by atoms with E-state index in [-0.39, 0.29) is 5.75 Å². The Balaban J connectivity index is 1.68. The van der Waals surface area contributed by atoms with Crippen molar-refractivity contribution in [3.05, 3.63) is 42.0 Å². The van der Waals surface area contributed by atoms with Crippen LogP contribution < -0.4 is 20.7 Å². The number of imidazole rings is 1. The molecule has 1 amide bonds. The molecule has 0 saturated heterocycles. The van der Waals surface area contributed by atoms with E-state index in [1.54, 1.807) is 6.07 Å². The molecule has 1 aromatic carbocycles. The monoisotopic (exact) mass is 381 g/mol. The zero-order chi connectivity index (χ0) is 19.7. The minimum Gasteiger partial charge on any atom is -0.407 e. The van der Waals surface area contributed by atoms with Gasteiger partial charge in [-0.15, -0.1) is 5.10 Å². The topological polar surface area (TPSA) is 116 Å². The number of carbonyl (C=O) groups excluding carboxylic acids is 1. The SMILES string of the molecule is CNC(=O)Oc1cc(Nc2cc(NC3CC3)c3ncc(C#N)n3n2)ccc1F. The van der Waals surface area contributed by atoms with E-state index in [4.69, 9.17) is 4.74 Å². The first-order valence-electron chi connectivity index (χ1n) is 8.59. The van der Waals surface area contributed by atoms with Crippen molar-refractivity contribution < 1.29 is 13.9 Å². The number of fused-ring (bicyclic) bond motifs is 1. The minimum atomic E-state index is -0.774. The predicted octanol–water partition coefficient (Wildman–Crippen LogP) is 2.78. The molecule has 0 unspecified atom stereocenters. The lowest BCUT2D eigenvalue weighted by Gasteiger charge is -2.12. The number of halogens is 1. The van der Waals surface area contributed by atoms with E-state index in [1.165, 1.54) is 36.0 Å². The van der Waals surface area contributed by atoms with Crippen LogP contribution in [0.5, 0.6) is 5.75 Å². The molecule has 3 N–H and O–H groups in total. The van der Waals surface area contributed by atoms with E-state index in [1.807, 2.05) is 0 Å². The van der Waals surface area contributed by atoms with Gasteiger partial charge < -0.3 is 20.7 Å². The molecular formula is C18H16FN7O2. The maximum Gasteiger partial charge on any atom is 0.412 e. The Bertz CT molecular complexity index is 1100. The van der Waals surface area contributed by atoms with Gasteiger partial charge in [-0.25, -0.2) is 14.2 Å². The van der Waals surface area contributed by atoms with E-state index in [0.717, 1.165) is 18.5 Å². The smallest absolute Gasteiger partial charge is 0.407 e. The van der Waals surface area contributed by atoms with Crippen molar-refractivity contribution in [2.75, 3.05) is 17.7 Å². The fraction of sp³-hybridized carbons (Fsp3) is 0.222. The van der Waals surface area contributed by atoms with E-state index in [9.17, 15) is 14.4 Å². The molecule has 1 fully saturated rings. The van der Waals surface area contributed by atoms with Crippen LogP contribution in [-0.2, 0) is 0 Å². The molecule has 28 heavy (non-hydrogen) atoms. The van der Waals surface area contributed by atoms with E-state index in [2.05, 4.69) is 32.1 Å². The van der Waals surface area contributed by atoms with E-state index < -0.39 is 11.9 Å². The summed E-state index contributed by atoms with van der Waals surface area (Å²) in [6.07, 6.45) is 2.82. The van der Waals surface area contributed by atoms with Crippen molar-refractivity contribution >= 4 is 28.9 Å². The highest BCUT2D eigenvalue weighted by atomic mass is 19.1. The van der Waals surface area contributed by atoms with Gasteiger partial charge in [-0.2, -0.15) is 9.78 Å². The normalized spacial score (nSPS) is 13.0. The standard InChI is InChI=1S/C18H16FN7O2/c1-21-18(27)28-15-6-11(4-5-13(15)19)24-16-7-14(23-10-2-3-10)17-22-9-12(8-20)26(17)25-16/h4-7,9-10,23H,2-3H2,1H3,(H,21,27)(H,24,25). The molecular weight excluding hydrogens is 365 g/mol. The molecule has 0 spiro atoms. The van der Waals surface area contributed by atoms with Gasteiger partial charge in [0.2, 0.25) is 0 Å². The van der Waals surface area contributed by atoms with Crippen molar-refractivity contribution in [3.63, 3.8) is 0 Å². The Kier molecular flexibility index (Phi) is 4.41. The molecule has 4 rings (SSSR count). The van der Waals surface area contributed by atoms with Gasteiger partial charge in [0.25, 0.3) is 0 Å². The Morgan fingerprint density at radius 1 is 1.39 bits per heavy atom. The number of amides is 1. The number of nitriles is 1. The van der Waals surface area contributed by atoms with E-state index >= 15 is 0 Å². The Hall–Kier alpha value is -3.87. The second-order valence-electron chi connectivity index (χ2n) is 6.26. The highest BCUT2D eigenvalue weighted by Gasteiger charge is 2.23. The Morgan fingerprint density at radius 3 is 2.93 bits per heavy atom. The summed E-state index contributed by atoms with van der Waals surface area (Å²) in [5.74, 6) is -0.472. The van der Waals surface area contributed by atoms with Crippen molar-refractivity contribution in [1.82, 2.24) is 19.9 Å². The zero-order valence-electron chi connectivity index (χ0n) is 14.9. The van der Waals surface area contributed by atoms with Crippen LogP contribution >= 0.6 is 0 Å². The lowest BCUT2D eigenvalue weighted by atomic mass is 10.3. The number of anilines is 3. The maximum atomic E-state index is 13.9.